The first kappa shape index (κ1) is 17.3. The third-order valence-electron chi connectivity index (χ3n) is 4.14. The van der Waals surface area contributed by atoms with Crippen molar-refractivity contribution in [3.05, 3.63) is 47.0 Å². The highest BCUT2D eigenvalue weighted by molar-refractivity contribution is 5.72. The topological polar surface area (TPSA) is 59.1 Å². The third kappa shape index (κ3) is 4.32. The number of likely N-dealkylation sites (tertiary alicyclic amines) is 2. The van der Waals surface area contributed by atoms with E-state index in [0.717, 1.165) is 5.56 Å². The van der Waals surface area contributed by atoms with E-state index < -0.39 is 5.60 Å². The molecule has 6 heteroatoms. The molecule has 1 aromatic rings. The van der Waals surface area contributed by atoms with Crippen molar-refractivity contribution in [2.24, 2.45) is 0 Å². The molecule has 0 N–H and O–H groups in total. The maximum Gasteiger partial charge on any atom is 0.410 e. The Morgan fingerprint density at radius 1 is 0.920 bits per heavy atom. The summed E-state index contributed by atoms with van der Waals surface area (Å²) in [6.07, 6.45) is -0.577. The van der Waals surface area contributed by atoms with E-state index in [1.165, 1.54) is 11.1 Å². The Morgan fingerprint density at radius 2 is 1.44 bits per heavy atom. The number of carbonyl (C=O) groups is 2. The van der Waals surface area contributed by atoms with Crippen molar-refractivity contribution in [2.75, 3.05) is 26.2 Å². The SMILES string of the molecule is CC(C)(C)OC(=O)N1CC(=C2CN(C(=O)OCc3ccccc3)C2)C1. The Bertz CT molecular complexity index is 675. The Balaban J connectivity index is 1.40. The van der Waals surface area contributed by atoms with Crippen LogP contribution in [0.25, 0.3) is 0 Å². The Hall–Kier alpha value is -2.50. The molecule has 2 saturated heterocycles. The van der Waals surface area contributed by atoms with Gasteiger partial charge in [-0.1, -0.05) is 30.3 Å². The van der Waals surface area contributed by atoms with Crippen LogP contribution in [0.1, 0.15) is 26.3 Å². The van der Waals surface area contributed by atoms with Crippen molar-refractivity contribution in [1.82, 2.24) is 9.80 Å². The first-order valence-electron chi connectivity index (χ1n) is 8.45. The van der Waals surface area contributed by atoms with Crippen LogP contribution in [-0.2, 0) is 16.1 Å². The zero-order valence-corrected chi connectivity index (χ0v) is 14.9. The average Bonchev–Trinajstić information content (AvgIpc) is 2.44. The summed E-state index contributed by atoms with van der Waals surface area (Å²) in [7, 11) is 0. The lowest BCUT2D eigenvalue weighted by atomic mass is 9.96. The van der Waals surface area contributed by atoms with Gasteiger partial charge in [0.25, 0.3) is 0 Å². The minimum Gasteiger partial charge on any atom is -0.445 e. The summed E-state index contributed by atoms with van der Waals surface area (Å²) in [4.78, 5) is 27.2. The van der Waals surface area contributed by atoms with Crippen molar-refractivity contribution < 1.29 is 19.1 Å². The smallest absolute Gasteiger partial charge is 0.410 e. The second-order valence-corrected chi connectivity index (χ2v) is 7.44. The fraction of sp³-hybridized carbons (Fsp3) is 0.474. The highest BCUT2D eigenvalue weighted by Crippen LogP contribution is 2.27. The molecule has 2 amide bonds. The van der Waals surface area contributed by atoms with Gasteiger partial charge in [-0.15, -0.1) is 0 Å². The fourth-order valence-corrected chi connectivity index (χ4v) is 2.67. The van der Waals surface area contributed by atoms with Gasteiger partial charge in [-0.3, -0.25) is 0 Å². The van der Waals surface area contributed by atoms with Gasteiger partial charge in [0.2, 0.25) is 0 Å². The van der Waals surface area contributed by atoms with Crippen LogP contribution in [0.4, 0.5) is 9.59 Å². The summed E-state index contributed by atoms with van der Waals surface area (Å²) >= 11 is 0. The van der Waals surface area contributed by atoms with Crippen LogP contribution in [0.3, 0.4) is 0 Å². The highest BCUT2D eigenvalue weighted by Gasteiger charge is 2.36. The Morgan fingerprint density at radius 3 is 1.96 bits per heavy atom. The molecule has 0 saturated carbocycles. The van der Waals surface area contributed by atoms with Gasteiger partial charge in [0, 0.05) is 26.2 Å². The minimum absolute atomic E-state index is 0.282. The summed E-state index contributed by atoms with van der Waals surface area (Å²) in [5, 5.41) is 0. The van der Waals surface area contributed by atoms with Gasteiger partial charge in [0.15, 0.2) is 0 Å². The second kappa shape index (κ2) is 6.78. The molecule has 0 unspecified atom stereocenters. The van der Waals surface area contributed by atoms with Crippen LogP contribution >= 0.6 is 0 Å². The standard InChI is InChI=1S/C19H24N2O4/c1-19(2,3)25-18(23)21-11-16(12-21)15-9-20(10-15)17(22)24-13-14-7-5-4-6-8-14/h4-8H,9-13H2,1-3H3. The first-order chi connectivity index (χ1) is 11.8. The van der Waals surface area contributed by atoms with Crippen LogP contribution in [0.5, 0.6) is 0 Å². The number of hydrogen-bond acceptors (Lipinski definition) is 4. The lowest BCUT2D eigenvalue weighted by molar-refractivity contribution is 0.0206. The number of amides is 2. The number of nitrogens with zero attached hydrogens (tertiary/aromatic N) is 2. The van der Waals surface area contributed by atoms with E-state index in [1.54, 1.807) is 9.80 Å². The number of carbonyl (C=O) groups excluding carboxylic acids is 2. The number of rotatable bonds is 2. The lowest BCUT2D eigenvalue weighted by Gasteiger charge is -2.42. The highest BCUT2D eigenvalue weighted by atomic mass is 16.6. The molecule has 0 spiro atoms. The zero-order valence-electron chi connectivity index (χ0n) is 14.9. The normalized spacial score (nSPS) is 16.9. The molecule has 134 valence electrons. The summed E-state index contributed by atoms with van der Waals surface area (Å²) in [5.41, 5.74) is 2.94. The summed E-state index contributed by atoms with van der Waals surface area (Å²) in [6.45, 7) is 8.22. The van der Waals surface area contributed by atoms with E-state index in [9.17, 15) is 9.59 Å². The van der Waals surface area contributed by atoms with E-state index in [4.69, 9.17) is 9.47 Å². The number of hydrogen-bond donors (Lipinski definition) is 0. The van der Waals surface area contributed by atoms with Crippen LogP contribution in [0.15, 0.2) is 41.5 Å². The van der Waals surface area contributed by atoms with Crippen molar-refractivity contribution in [2.45, 2.75) is 33.0 Å². The predicted octanol–water partition coefficient (Wildman–Crippen LogP) is 3.19. The molecule has 0 aliphatic carbocycles. The molecule has 6 nitrogen and oxygen atoms in total. The molecule has 0 aromatic heterocycles. The Labute approximate surface area is 148 Å². The van der Waals surface area contributed by atoms with Crippen LogP contribution in [-0.4, -0.2) is 53.8 Å². The molecular formula is C19H24N2O4. The molecule has 2 heterocycles. The molecule has 0 bridgehead atoms. The maximum atomic E-state index is 12.0. The van der Waals surface area contributed by atoms with Gasteiger partial charge >= 0.3 is 12.2 Å². The molecule has 2 aliphatic rings. The minimum atomic E-state index is -0.476. The fourth-order valence-electron chi connectivity index (χ4n) is 2.67. The van der Waals surface area contributed by atoms with Crippen molar-refractivity contribution in [3.63, 3.8) is 0 Å². The van der Waals surface area contributed by atoms with Gasteiger partial charge in [-0.05, 0) is 37.5 Å². The Kier molecular flexibility index (Phi) is 4.70. The molecule has 25 heavy (non-hydrogen) atoms. The summed E-state index contributed by atoms with van der Waals surface area (Å²) in [5.74, 6) is 0. The predicted molar refractivity (Wildman–Crippen MR) is 93.0 cm³/mol. The first-order valence-corrected chi connectivity index (χ1v) is 8.45. The largest absolute Gasteiger partial charge is 0.445 e. The molecule has 2 aliphatic heterocycles. The quantitative estimate of drug-likeness (QED) is 0.773. The molecule has 3 rings (SSSR count). The van der Waals surface area contributed by atoms with E-state index in [-0.39, 0.29) is 18.8 Å². The molecule has 1 aromatic carbocycles. The van der Waals surface area contributed by atoms with E-state index in [1.807, 2.05) is 51.1 Å². The third-order valence-corrected chi connectivity index (χ3v) is 4.14. The van der Waals surface area contributed by atoms with Crippen LogP contribution < -0.4 is 0 Å². The number of ether oxygens (including phenoxy) is 2. The lowest BCUT2D eigenvalue weighted by Crippen LogP contribution is -2.52. The van der Waals surface area contributed by atoms with Gasteiger partial charge in [-0.25, -0.2) is 9.59 Å². The zero-order chi connectivity index (χ0) is 18.0. The van der Waals surface area contributed by atoms with Gasteiger partial charge in [-0.2, -0.15) is 0 Å². The molecule has 2 fully saturated rings. The van der Waals surface area contributed by atoms with Gasteiger partial charge in [0.1, 0.15) is 12.2 Å². The maximum absolute atomic E-state index is 12.0. The van der Waals surface area contributed by atoms with Crippen molar-refractivity contribution >= 4 is 12.2 Å². The summed E-state index contributed by atoms with van der Waals surface area (Å²) < 4.78 is 10.6. The molecule has 0 radical (unpaired) electrons. The summed E-state index contributed by atoms with van der Waals surface area (Å²) in [6, 6.07) is 9.62. The number of benzene rings is 1. The van der Waals surface area contributed by atoms with Crippen LogP contribution in [0.2, 0.25) is 0 Å². The molecule has 0 atom stereocenters. The molecular weight excluding hydrogens is 320 g/mol. The van der Waals surface area contributed by atoms with E-state index in [0.29, 0.717) is 26.2 Å². The average molecular weight is 344 g/mol. The van der Waals surface area contributed by atoms with Crippen molar-refractivity contribution in [3.8, 4) is 0 Å². The van der Waals surface area contributed by atoms with Gasteiger partial charge in [0.05, 0.1) is 0 Å². The van der Waals surface area contributed by atoms with Crippen molar-refractivity contribution in [1.29, 1.82) is 0 Å². The van der Waals surface area contributed by atoms with Gasteiger partial charge < -0.3 is 19.3 Å². The second-order valence-electron chi connectivity index (χ2n) is 7.44. The van der Waals surface area contributed by atoms with Crippen LogP contribution in [0, 0.1) is 0 Å². The monoisotopic (exact) mass is 344 g/mol. The van der Waals surface area contributed by atoms with E-state index >= 15 is 0 Å². The van der Waals surface area contributed by atoms with E-state index in [2.05, 4.69) is 0 Å².